The number of hydrogen-bond donors (Lipinski definition) is 0. The summed E-state index contributed by atoms with van der Waals surface area (Å²) in [6, 6.07) is 16.8. The lowest BCUT2D eigenvalue weighted by atomic mass is 10.1. The maximum absolute atomic E-state index is 4.74. The summed E-state index contributed by atoms with van der Waals surface area (Å²) in [7, 11) is 0. The number of nitrogens with zero attached hydrogens (tertiary/aromatic N) is 2. The number of aromatic nitrogens is 1. The predicted octanol–water partition coefficient (Wildman–Crippen LogP) is 3.05. The molecule has 0 aliphatic carbocycles. The Labute approximate surface area is 108 Å². The summed E-state index contributed by atoms with van der Waals surface area (Å²) in [5, 5.41) is 0. The number of pyridine rings is 1. The quantitative estimate of drug-likeness (QED) is 0.761. The van der Waals surface area contributed by atoms with E-state index in [0.717, 1.165) is 31.0 Å². The third kappa shape index (κ3) is 2.43. The third-order valence-corrected chi connectivity index (χ3v) is 3.16. The van der Waals surface area contributed by atoms with E-state index < -0.39 is 0 Å². The van der Waals surface area contributed by atoms with Gasteiger partial charge in [-0.05, 0) is 17.7 Å². The second-order valence-corrected chi connectivity index (χ2v) is 4.53. The Morgan fingerprint density at radius 3 is 2.44 bits per heavy atom. The summed E-state index contributed by atoms with van der Waals surface area (Å²) in [6.07, 6.45) is 5.27. The van der Waals surface area contributed by atoms with Gasteiger partial charge < -0.3 is 4.90 Å². The highest BCUT2D eigenvalue weighted by atomic mass is 15.2. The Kier molecular flexibility index (Phi) is 3.09. The van der Waals surface area contributed by atoms with Crippen LogP contribution < -0.4 is 4.90 Å². The van der Waals surface area contributed by atoms with E-state index in [2.05, 4.69) is 59.5 Å². The molecule has 2 heteroatoms. The van der Waals surface area contributed by atoms with E-state index in [9.17, 15) is 0 Å². The molecule has 0 saturated heterocycles. The van der Waals surface area contributed by atoms with Gasteiger partial charge in [-0.3, -0.25) is 0 Å². The lowest BCUT2D eigenvalue weighted by molar-refractivity contribution is 0.945. The van der Waals surface area contributed by atoms with E-state index in [4.69, 9.17) is 4.98 Å². The first-order valence-electron chi connectivity index (χ1n) is 6.31. The van der Waals surface area contributed by atoms with Crippen LogP contribution in [0, 0.1) is 0 Å². The zero-order valence-corrected chi connectivity index (χ0v) is 10.3. The van der Waals surface area contributed by atoms with Crippen molar-refractivity contribution < 1.29 is 0 Å². The van der Waals surface area contributed by atoms with Crippen LogP contribution in [0.5, 0.6) is 0 Å². The lowest BCUT2D eigenvalue weighted by Crippen LogP contribution is -2.20. The molecule has 3 rings (SSSR count). The molecule has 0 N–H and O–H groups in total. The third-order valence-electron chi connectivity index (χ3n) is 3.16. The highest BCUT2D eigenvalue weighted by molar-refractivity contribution is 5.43. The van der Waals surface area contributed by atoms with Crippen LogP contribution in [0.3, 0.4) is 0 Å². The van der Waals surface area contributed by atoms with Crippen LogP contribution in [0.2, 0.25) is 0 Å². The van der Waals surface area contributed by atoms with Gasteiger partial charge in [-0.2, -0.15) is 0 Å². The second kappa shape index (κ2) is 5.05. The van der Waals surface area contributed by atoms with Crippen molar-refractivity contribution in [1.82, 2.24) is 4.98 Å². The fourth-order valence-electron chi connectivity index (χ4n) is 2.21. The van der Waals surface area contributed by atoms with Gasteiger partial charge in [0.15, 0.2) is 0 Å². The van der Waals surface area contributed by atoms with Crippen molar-refractivity contribution in [2.24, 2.45) is 0 Å². The average molecular weight is 236 g/mol. The van der Waals surface area contributed by atoms with Gasteiger partial charge in [-0.15, -0.1) is 0 Å². The van der Waals surface area contributed by atoms with Crippen LogP contribution in [0.4, 0.5) is 5.82 Å². The largest absolute Gasteiger partial charge is 0.349 e. The average Bonchev–Trinajstić information content (AvgIpc) is 2.94. The Morgan fingerprint density at radius 2 is 1.67 bits per heavy atom. The first-order valence-corrected chi connectivity index (χ1v) is 6.31. The van der Waals surface area contributed by atoms with Gasteiger partial charge in [0.2, 0.25) is 0 Å². The predicted molar refractivity (Wildman–Crippen MR) is 74.8 cm³/mol. The SMILES string of the molecule is C1=CCN(c2cccc(Cc3ccccc3)n2)C1. The summed E-state index contributed by atoms with van der Waals surface area (Å²) in [5.74, 6) is 1.08. The monoisotopic (exact) mass is 236 g/mol. The molecule has 0 fully saturated rings. The van der Waals surface area contributed by atoms with Crippen LogP contribution >= 0.6 is 0 Å². The molecule has 2 nitrogen and oxygen atoms in total. The molecule has 90 valence electrons. The van der Waals surface area contributed by atoms with Crippen LogP contribution in [0.15, 0.2) is 60.7 Å². The minimum absolute atomic E-state index is 0.899. The standard InChI is InChI=1S/C16H16N2/c1-2-7-14(8-3-1)13-15-9-6-10-16(17-15)18-11-4-5-12-18/h1-10H,11-13H2. The molecule has 18 heavy (non-hydrogen) atoms. The molecule has 0 saturated carbocycles. The molecule has 1 aliphatic heterocycles. The van der Waals surface area contributed by atoms with Gasteiger partial charge >= 0.3 is 0 Å². The van der Waals surface area contributed by atoms with Gasteiger partial charge in [0.25, 0.3) is 0 Å². The summed E-state index contributed by atoms with van der Waals surface area (Å²) in [5.41, 5.74) is 2.44. The molecular weight excluding hydrogens is 220 g/mol. The number of anilines is 1. The summed E-state index contributed by atoms with van der Waals surface area (Å²) >= 11 is 0. The minimum atomic E-state index is 0.899. The van der Waals surface area contributed by atoms with Crippen molar-refractivity contribution in [3.63, 3.8) is 0 Å². The highest BCUT2D eigenvalue weighted by Gasteiger charge is 2.09. The Balaban J connectivity index is 1.79. The Bertz CT molecular complexity index is 538. The second-order valence-electron chi connectivity index (χ2n) is 4.53. The fourth-order valence-corrected chi connectivity index (χ4v) is 2.21. The number of benzene rings is 1. The van der Waals surface area contributed by atoms with Gasteiger partial charge in [-0.1, -0.05) is 48.6 Å². The molecule has 1 aromatic heterocycles. The molecule has 2 heterocycles. The normalized spacial score (nSPS) is 14.1. The van der Waals surface area contributed by atoms with Crippen molar-refractivity contribution in [3.05, 3.63) is 71.9 Å². The smallest absolute Gasteiger partial charge is 0.129 e. The van der Waals surface area contributed by atoms with E-state index >= 15 is 0 Å². The molecule has 0 unspecified atom stereocenters. The van der Waals surface area contributed by atoms with Crippen LogP contribution in [0.25, 0.3) is 0 Å². The van der Waals surface area contributed by atoms with Gasteiger partial charge in [0, 0.05) is 25.2 Å². The molecule has 1 aliphatic rings. The lowest BCUT2D eigenvalue weighted by Gasteiger charge is -2.17. The Morgan fingerprint density at radius 1 is 0.889 bits per heavy atom. The van der Waals surface area contributed by atoms with E-state index in [-0.39, 0.29) is 0 Å². The van der Waals surface area contributed by atoms with E-state index in [1.165, 1.54) is 5.56 Å². The topological polar surface area (TPSA) is 16.1 Å². The van der Waals surface area contributed by atoms with E-state index in [1.54, 1.807) is 0 Å². The fraction of sp³-hybridized carbons (Fsp3) is 0.188. The van der Waals surface area contributed by atoms with Crippen molar-refractivity contribution >= 4 is 5.82 Å². The molecule has 0 radical (unpaired) electrons. The van der Waals surface area contributed by atoms with E-state index in [0.29, 0.717) is 0 Å². The number of hydrogen-bond acceptors (Lipinski definition) is 2. The van der Waals surface area contributed by atoms with E-state index in [1.807, 2.05) is 6.07 Å². The van der Waals surface area contributed by atoms with Crippen molar-refractivity contribution in [3.8, 4) is 0 Å². The van der Waals surface area contributed by atoms with Gasteiger partial charge in [-0.25, -0.2) is 4.98 Å². The van der Waals surface area contributed by atoms with Crippen molar-refractivity contribution in [2.45, 2.75) is 6.42 Å². The Hall–Kier alpha value is -2.09. The van der Waals surface area contributed by atoms with Crippen LogP contribution in [0.1, 0.15) is 11.3 Å². The zero-order chi connectivity index (χ0) is 12.2. The highest BCUT2D eigenvalue weighted by Crippen LogP contribution is 2.16. The van der Waals surface area contributed by atoms with Gasteiger partial charge in [0.05, 0.1) is 0 Å². The molecule has 1 aromatic carbocycles. The molecule has 0 amide bonds. The molecule has 0 atom stereocenters. The molecule has 0 bridgehead atoms. The minimum Gasteiger partial charge on any atom is -0.349 e. The zero-order valence-electron chi connectivity index (χ0n) is 10.3. The summed E-state index contributed by atoms with van der Waals surface area (Å²) in [4.78, 5) is 7.01. The van der Waals surface area contributed by atoms with Crippen LogP contribution in [-0.4, -0.2) is 18.1 Å². The van der Waals surface area contributed by atoms with Gasteiger partial charge in [0.1, 0.15) is 5.82 Å². The van der Waals surface area contributed by atoms with Crippen LogP contribution in [-0.2, 0) is 6.42 Å². The molecule has 0 spiro atoms. The van der Waals surface area contributed by atoms with Crippen molar-refractivity contribution in [1.29, 1.82) is 0 Å². The maximum atomic E-state index is 4.74. The maximum Gasteiger partial charge on any atom is 0.129 e. The van der Waals surface area contributed by atoms with Crippen molar-refractivity contribution in [2.75, 3.05) is 18.0 Å². The first kappa shape index (κ1) is 11.0. The summed E-state index contributed by atoms with van der Waals surface area (Å²) in [6.45, 7) is 1.95. The summed E-state index contributed by atoms with van der Waals surface area (Å²) < 4.78 is 0. The first-order chi connectivity index (χ1) is 8.92. The number of rotatable bonds is 3. The molecule has 2 aromatic rings. The molecular formula is C16H16N2.